The minimum Gasteiger partial charge on any atom is -0.488 e. The lowest BCUT2D eigenvalue weighted by Gasteiger charge is -2.44. The molecular formula is C29H42ClN7O3S. The molecule has 1 aliphatic carbocycles. The van der Waals surface area contributed by atoms with Crippen molar-refractivity contribution in [2.75, 3.05) is 37.8 Å². The van der Waals surface area contributed by atoms with E-state index in [-0.39, 0.29) is 34.0 Å². The van der Waals surface area contributed by atoms with Gasteiger partial charge in [-0.3, -0.25) is 5.41 Å². The molecule has 2 fully saturated rings. The second kappa shape index (κ2) is 12.1. The summed E-state index contributed by atoms with van der Waals surface area (Å²) in [5, 5.41) is 16.2. The maximum absolute atomic E-state index is 12.7. The fraction of sp³-hybridized carbons (Fsp3) is 0.552. The summed E-state index contributed by atoms with van der Waals surface area (Å²) in [5.41, 5.74) is 3.36. The molecule has 2 aliphatic rings. The Balaban J connectivity index is 1.65. The van der Waals surface area contributed by atoms with Crippen molar-refractivity contribution in [2.24, 2.45) is 5.41 Å². The van der Waals surface area contributed by atoms with E-state index in [9.17, 15) is 8.42 Å². The smallest absolute Gasteiger partial charge is 0.229 e. The van der Waals surface area contributed by atoms with Crippen molar-refractivity contribution in [3.8, 4) is 5.75 Å². The number of sulfone groups is 1. The summed E-state index contributed by atoms with van der Waals surface area (Å²) in [5.74, 6) is 1.59. The zero-order valence-electron chi connectivity index (χ0n) is 24.9. The second-order valence-electron chi connectivity index (χ2n) is 12.0. The lowest BCUT2D eigenvalue weighted by Crippen LogP contribution is -2.42. The van der Waals surface area contributed by atoms with Crippen LogP contribution in [0.3, 0.4) is 0 Å². The van der Waals surface area contributed by atoms with E-state index in [2.05, 4.69) is 70.8 Å². The summed E-state index contributed by atoms with van der Waals surface area (Å²) in [4.78, 5) is 11.3. The van der Waals surface area contributed by atoms with Crippen molar-refractivity contribution >= 4 is 43.9 Å². The molecule has 4 N–H and O–H groups in total. The number of hydrogen-bond donors (Lipinski definition) is 4. The summed E-state index contributed by atoms with van der Waals surface area (Å²) in [7, 11) is -0.0441. The van der Waals surface area contributed by atoms with Crippen molar-refractivity contribution in [3.63, 3.8) is 0 Å². The lowest BCUT2D eigenvalue weighted by atomic mass is 9.69. The predicted octanol–water partition coefficient (Wildman–Crippen LogP) is 5.44. The predicted molar refractivity (Wildman–Crippen MR) is 166 cm³/mol. The van der Waals surface area contributed by atoms with Gasteiger partial charge in [-0.1, -0.05) is 25.4 Å². The molecule has 0 radical (unpaired) electrons. The van der Waals surface area contributed by atoms with Crippen LogP contribution in [-0.2, 0) is 9.84 Å². The summed E-state index contributed by atoms with van der Waals surface area (Å²) >= 11 is 6.39. The van der Waals surface area contributed by atoms with Gasteiger partial charge in [-0.2, -0.15) is 4.98 Å². The highest BCUT2D eigenvalue weighted by molar-refractivity contribution is 8.07. The minimum atomic E-state index is -3.84. The standard InChI is InChI=1S/C29H42ClN7O3S/c1-17(2)41(38,39)26(31)24(15-32-6)34-27-22(30)14-33-28(36-27)35-23-12-18(3)20(13-25(23)40-19-8-9-19)21-10-11-37(7)16-29(21,4)5/h12-15,17,19,21,31-32H,8-11,16H2,1-7H3,(H2,33,34,35,36)/b24-15+,31-26?. The molecule has 1 unspecified atom stereocenters. The Morgan fingerprint density at radius 2 is 1.98 bits per heavy atom. The third-order valence-corrected chi connectivity index (χ3v) is 9.97. The molecule has 2 heterocycles. The van der Waals surface area contributed by atoms with E-state index >= 15 is 0 Å². The molecule has 0 spiro atoms. The minimum absolute atomic E-state index is 0.0199. The van der Waals surface area contributed by atoms with Crippen LogP contribution in [0.15, 0.2) is 30.2 Å². The highest BCUT2D eigenvalue weighted by Crippen LogP contribution is 2.46. The van der Waals surface area contributed by atoms with Gasteiger partial charge in [-0.25, -0.2) is 13.4 Å². The fourth-order valence-electron chi connectivity index (χ4n) is 5.30. The number of nitrogens with zero attached hydrogens (tertiary/aromatic N) is 3. The monoisotopic (exact) mass is 603 g/mol. The molecule has 1 aromatic heterocycles. The van der Waals surface area contributed by atoms with Crippen molar-refractivity contribution in [3.05, 3.63) is 46.4 Å². The van der Waals surface area contributed by atoms with Gasteiger partial charge < -0.3 is 25.6 Å². The van der Waals surface area contributed by atoms with Crippen molar-refractivity contribution < 1.29 is 13.2 Å². The van der Waals surface area contributed by atoms with Gasteiger partial charge in [0.1, 0.15) is 10.8 Å². The van der Waals surface area contributed by atoms with Crippen LogP contribution in [0.4, 0.5) is 17.5 Å². The van der Waals surface area contributed by atoms with Crippen LogP contribution in [-0.4, -0.2) is 66.9 Å². The first-order chi connectivity index (χ1) is 19.2. The zero-order valence-corrected chi connectivity index (χ0v) is 26.5. The number of anilines is 3. The van der Waals surface area contributed by atoms with Gasteiger partial charge in [0.15, 0.2) is 20.7 Å². The zero-order chi connectivity index (χ0) is 30.1. The van der Waals surface area contributed by atoms with Crippen LogP contribution in [0.2, 0.25) is 5.02 Å². The molecule has 2 aromatic rings. The average molecular weight is 604 g/mol. The summed E-state index contributed by atoms with van der Waals surface area (Å²) in [6.07, 6.45) is 6.16. The highest BCUT2D eigenvalue weighted by atomic mass is 35.5. The molecule has 1 atom stereocenters. The van der Waals surface area contributed by atoms with Crippen LogP contribution in [0, 0.1) is 17.7 Å². The van der Waals surface area contributed by atoms with Crippen molar-refractivity contribution in [1.82, 2.24) is 20.2 Å². The van der Waals surface area contributed by atoms with Crippen LogP contribution in [0.5, 0.6) is 5.75 Å². The van der Waals surface area contributed by atoms with E-state index in [0.29, 0.717) is 5.92 Å². The molecule has 1 aromatic carbocycles. The van der Waals surface area contributed by atoms with E-state index < -0.39 is 20.1 Å². The molecule has 1 saturated carbocycles. The van der Waals surface area contributed by atoms with Crippen LogP contribution >= 0.6 is 11.6 Å². The van der Waals surface area contributed by atoms with E-state index in [1.54, 1.807) is 7.05 Å². The summed E-state index contributed by atoms with van der Waals surface area (Å²) in [6, 6.07) is 4.26. The molecule has 4 rings (SSSR count). The number of piperidine rings is 1. The first-order valence-electron chi connectivity index (χ1n) is 14.0. The fourth-order valence-corrected chi connectivity index (χ4v) is 6.32. The molecule has 12 heteroatoms. The van der Waals surface area contributed by atoms with Gasteiger partial charge in [-0.15, -0.1) is 0 Å². The molecule has 1 aliphatic heterocycles. The third-order valence-electron chi connectivity index (χ3n) is 7.66. The normalized spacial score (nSPS) is 19.6. The third kappa shape index (κ3) is 7.13. The average Bonchev–Trinajstić information content (AvgIpc) is 3.70. The number of likely N-dealkylation sites (tertiary alicyclic amines) is 1. The first-order valence-corrected chi connectivity index (χ1v) is 15.9. The van der Waals surface area contributed by atoms with Crippen LogP contribution < -0.4 is 20.7 Å². The van der Waals surface area contributed by atoms with Crippen molar-refractivity contribution in [2.45, 2.75) is 71.2 Å². The topological polar surface area (TPSA) is 132 Å². The maximum Gasteiger partial charge on any atom is 0.229 e. The number of nitrogens with one attached hydrogen (secondary N) is 4. The molecular weight excluding hydrogens is 562 g/mol. The summed E-state index contributed by atoms with van der Waals surface area (Å²) < 4.78 is 31.7. The van der Waals surface area contributed by atoms with Gasteiger partial charge in [0.25, 0.3) is 0 Å². The second-order valence-corrected chi connectivity index (χ2v) is 14.8. The highest BCUT2D eigenvalue weighted by Gasteiger charge is 2.37. The van der Waals surface area contributed by atoms with Crippen LogP contribution in [0.25, 0.3) is 0 Å². The van der Waals surface area contributed by atoms with Gasteiger partial charge in [0.05, 0.1) is 28.9 Å². The van der Waals surface area contributed by atoms with Gasteiger partial charge >= 0.3 is 0 Å². The Kier molecular flexibility index (Phi) is 9.20. The number of benzene rings is 1. The molecule has 0 amide bonds. The molecule has 224 valence electrons. The number of aromatic nitrogens is 2. The Morgan fingerprint density at radius 3 is 2.59 bits per heavy atom. The van der Waals surface area contributed by atoms with E-state index in [1.165, 1.54) is 31.8 Å². The largest absolute Gasteiger partial charge is 0.488 e. The number of aryl methyl sites for hydroxylation is 1. The number of halogens is 1. The lowest BCUT2D eigenvalue weighted by molar-refractivity contribution is 0.114. The van der Waals surface area contributed by atoms with Gasteiger partial charge in [0, 0.05) is 19.8 Å². The maximum atomic E-state index is 12.7. The SMILES string of the molecule is CN/C=C(/Nc1nc(Nc2cc(C)c(C3CCN(C)CC3(C)C)cc2OC2CC2)ncc1Cl)C(=N)S(=O)(=O)C(C)C. The summed E-state index contributed by atoms with van der Waals surface area (Å²) in [6.45, 7) is 11.9. The number of ether oxygens (including phenoxy) is 1. The molecule has 1 saturated heterocycles. The first kappa shape index (κ1) is 31.1. The number of rotatable bonds is 10. The quantitative estimate of drug-likeness (QED) is 0.207. The van der Waals surface area contributed by atoms with E-state index in [0.717, 1.165) is 49.4 Å². The van der Waals surface area contributed by atoms with Gasteiger partial charge in [0.2, 0.25) is 5.95 Å². The van der Waals surface area contributed by atoms with E-state index in [4.69, 9.17) is 21.7 Å². The van der Waals surface area contributed by atoms with E-state index in [1.807, 2.05) is 0 Å². The Hall–Kier alpha value is -2.89. The van der Waals surface area contributed by atoms with Crippen LogP contribution in [0.1, 0.15) is 64.0 Å². The molecule has 0 bridgehead atoms. The Labute approximate surface area is 248 Å². The van der Waals surface area contributed by atoms with Gasteiger partial charge in [-0.05, 0) is 88.2 Å². The Morgan fingerprint density at radius 1 is 1.27 bits per heavy atom. The molecule has 10 nitrogen and oxygen atoms in total. The number of hydrogen-bond acceptors (Lipinski definition) is 10. The Bertz CT molecular complexity index is 1440. The molecule has 41 heavy (non-hydrogen) atoms. The van der Waals surface area contributed by atoms with Crippen molar-refractivity contribution in [1.29, 1.82) is 5.41 Å².